The Bertz CT molecular complexity index is 537. The van der Waals surface area contributed by atoms with Crippen LogP contribution in [0.15, 0.2) is 6.07 Å². The number of aryl methyl sites for hydroxylation is 2. The van der Waals surface area contributed by atoms with E-state index < -0.39 is 0 Å². The molecule has 1 fully saturated rings. The lowest BCUT2D eigenvalue weighted by Crippen LogP contribution is -2.38. The van der Waals surface area contributed by atoms with E-state index in [0.717, 1.165) is 50.2 Å². The quantitative estimate of drug-likeness (QED) is 0.901. The Kier molecular flexibility index (Phi) is 4.10. The number of hydrogen-bond donors (Lipinski definition) is 1. The Labute approximate surface area is 126 Å². The van der Waals surface area contributed by atoms with Crippen LogP contribution in [0.25, 0.3) is 0 Å². The molecule has 3 rings (SSSR count). The molecule has 21 heavy (non-hydrogen) atoms. The lowest BCUT2D eigenvalue weighted by Gasteiger charge is -2.24. The minimum atomic E-state index is 0.195. The van der Waals surface area contributed by atoms with Gasteiger partial charge in [-0.1, -0.05) is 0 Å². The fourth-order valence-electron chi connectivity index (χ4n) is 3.33. The number of amides is 1. The van der Waals surface area contributed by atoms with Gasteiger partial charge in [-0.3, -0.25) is 4.79 Å². The van der Waals surface area contributed by atoms with Gasteiger partial charge in [0.15, 0.2) is 0 Å². The van der Waals surface area contributed by atoms with Crippen molar-refractivity contribution in [3.8, 4) is 0 Å². The molecule has 1 aliphatic carbocycles. The zero-order valence-electron chi connectivity index (χ0n) is 12.8. The molecule has 0 radical (unpaired) electrons. The van der Waals surface area contributed by atoms with Crippen LogP contribution in [-0.2, 0) is 24.2 Å². The van der Waals surface area contributed by atoms with Crippen molar-refractivity contribution < 1.29 is 4.79 Å². The van der Waals surface area contributed by atoms with Crippen LogP contribution in [-0.4, -0.2) is 42.5 Å². The number of nitrogens with two attached hydrogens (primary N) is 1. The van der Waals surface area contributed by atoms with Gasteiger partial charge in [-0.05, 0) is 43.7 Å². The largest absolute Gasteiger partial charge is 0.350 e. The van der Waals surface area contributed by atoms with Gasteiger partial charge in [0.05, 0.1) is 6.54 Å². The molecule has 5 nitrogen and oxygen atoms in total. The molecule has 0 atom stereocenters. The highest BCUT2D eigenvalue weighted by molar-refractivity contribution is 5.81. The van der Waals surface area contributed by atoms with Gasteiger partial charge in [0.2, 0.25) is 5.91 Å². The molecule has 0 saturated carbocycles. The van der Waals surface area contributed by atoms with Gasteiger partial charge in [0.25, 0.3) is 0 Å². The highest BCUT2D eigenvalue weighted by atomic mass is 16.2. The summed E-state index contributed by atoms with van der Waals surface area (Å²) in [5.41, 5.74) is 9.44. The Morgan fingerprint density at radius 2 is 2.10 bits per heavy atom. The zero-order valence-corrected chi connectivity index (χ0v) is 12.8. The van der Waals surface area contributed by atoms with E-state index in [1.807, 2.05) is 16.8 Å². The normalized spacial score (nSPS) is 17.1. The molecule has 0 unspecified atom stereocenters. The van der Waals surface area contributed by atoms with Crippen molar-refractivity contribution in [1.29, 1.82) is 0 Å². The summed E-state index contributed by atoms with van der Waals surface area (Å²) < 4.78 is 0. The van der Waals surface area contributed by atoms with E-state index in [1.54, 1.807) is 0 Å². The second-order valence-electron chi connectivity index (χ2n) is 6.08. The minimum Gasteiger partial charge on any atom is -0.350 e. The SMILES string of the molecule is CN(CC(=O)N1CCCC1)c1nc2c(cc1CN)CCC2. The lowest BCUT2D eigenvalue weighted by atomic mass is 10.1. The predicted octanol–water partition coefficient (Wildman–Crippen LogP) is 1.09. The average Bonchev–Trinajstić information content (AvgIpc) is 3.16. The van der Waals surface area contributed by atoms with Gasteiger partial charge in [-0.15, -0.1) is 0 Å². The molecule has 1 amide bonds. The molecule has 1 aromatic rings. The number of likely N-dealkylation sites (tertiary alicyclic amines) is 1. The Hall–Kier alpha value is -1.62. The molecule has 1 saturated heterocycles. The van der Waals surface area contributed by atoms with Gasteiger partial charge < -0.3 is 15.5 Å². The first-order chi connectivity index (χ1) is 10.2. The molecular weight excluding hydrogens is 264 g/mol. The van der Waals surface area contributed by atoms with Crippen molar-refractivity contribution >= 4 is 11.7 Å². The summed E-state index contributed by atoms with van der Waals surface area (Å²) in [6, 6.07) is 2.18. The Morgan fingerprint density at radius 1 is 1.33 bits per heavy atom. The number of likely N-dealkylation sites (N-methyl/N-ethyl adjacent to an activating group) is 1. The number of anilines is 1. The summed E-state index contributed by atoms with van der Waals surface area (Å²) in [7, 11) is 1.94. The van der Waals surface area contributed by atoms with Gasteiger partial charge in [0, 0.05) is 37.9 Å². The molecule has 0 bridgehead atoms. The maximum atomic E-state index is 12.3. The second kappa shape index (κ2) is 6.02. The van der Waals surface area contributed by atoms with Gasteiger partial charge >= 0.3 is 0 Å². The molecular formula is C16H24N4O. The van der Waals surface area contributed by atoms with Crippen LogP contribution in [0.3, 0.4) is 0 Å². The van der Waals surface area contributed by atoms with E-state index in [2.05, 4.69) is 6.07 Å². The van der Waals surface area contributed by atoms with Crippen LogP contribution in [0, 0.1) is 0 Å². The third-order valence-corrected chi connectivity index (χ3v) is 4.52. The minimum absolute atomic E-state index is 0.195. The Balaban J connectivity index is 1.77. The van der Waals surface area contributed by atoms with Crippen molar-refractivity contribution in [2.45, 2.75) is 38.6 Å². The number of carbonyl (C=O) groups is 1. The topological polar surface area (TPSA) is 62.5 Å². The van der Waals surface area contributed by atoms with E-state index in [4.69, 9.17) is 10.7 Å². The van der Waals surface area contributed by atoms with Gasteiger partial charge in [-0.2, -0.15) is 0 Å². The first kappa shape index (κ1) is 14.3. The third kappa shape index (κ3) is 2.88. The molecule has 2 N–H and O–H groups in total. The monoisotopic (exact) mass is 288 g/mol. The van der Waals surface area contributed by atoms with Gasteiger partial charge in [0.1, 0.15) is 5.82 Å². The molecule has 2 aliphatic rings. The molecule has 1 aromatic heterocycles. The molecule has 2 heterocycles. The predicted molar refractivity (Wildman–Crippen MR) is 83.2 cm³/mol. The summed E-state index contributed by atoms with van der Waals surface area (Å²) in [5, 5.41) is 0. The van der Waals surface area contributed by atoms with Crippen molar-refractivity contribution in [3.63, 3.8) is 0 Å². The number of carbonyl (C=O) groups excluding carboxylic acids is 1. The van der Waals surface area contributed by atoms with Crippen molar-refractivity contribution in [1.82, 2.24) is 9.88 Å². The number of nitrogens with zero attached hydrogens (tertiary/aromatic N) is 3. The molecule has 0 spiro atoms. The number of aromatic nitrogens is 1. The zero-order chi connectivity index (χ0) is 14.8. The lowest BCUT2D eigenvalue weighted by molar-refractivity contribution is -0.128. The highest BCUT2D eigenvalue weighted by Gasteiger charge is 2.22. The maximum Gasteiger partial charge on any atom is 0.242 e. The van der Waals surface area contributed by atoms with Crippen LogP contribution in [0.2, 0.25) is 0 Å². The van der Waals surface area contributed by atoms with Gasteiger partial charge in [-0.25, -0.2) is 4.98 Å². The van der Waals surface area contributed by atoms with E-state index in [0.29, 0.717) is 13.1 Å². The molecule has 114 valence electrons. The number of pyridine rings is 1. The van der Waals surface area contributed by atoms with Crippen molar-refractivity contribution in [3.05, 3.63) is 22.9 Å². The third-order valence-electron chi connectivity index (χ3n) is 4.52. The first-order valence-corrected chi connectivity index (χ1v) is 7.89. The van der Waals surface area contributed by atoms with Crippen LogP contribution in [0.5, 0.6) is 0 Å². The fourth-order valence-corrected chi connectivity index (χ4v) is 3.33. The highest BCUT2D eigenvalue weighted by Crippen LogP contribution is 2.26. The van der Waals surface area contributed by atoms with Crippen molar-refractivity contribution in [2.75, 3.05) is 31.6 Å². The fraction of sp³-hybridized carbons (Fsp3) is 0.625. The Morgan fingerprint density at radius 3 is 2.81 bits per heavy atom. The van der Waals surface area contributed by atoms with Crippen LogP contribution >= 0.6 is 0 Å². The van der Waals surface area contributed by atoms with E-state index in [9.17, 15) is 4.79 Å². The number of rotatable bonds is 4. The average molecular weight is 288 g/mol. The standard InChI is InChI=1S/C16H24N4O/c1-19(11-15(21)20-7-2-3-8-20)16-13(10-17)9-12-5-4-6-14(12)18-16/h9H,2-8,10-11,17H2,1H3. The maximum absolute atomic E-state index is 12.3. The van der Waals surface area contributed by atoms with E-state index in [-0.39, 0.29) is 5.91 Å². The first-order valence-electron chi connectivity index (χ1n) is 7.89. The number of hydrogen-bond acceptors (Lipinski definition) is 4. The van der Waals surface area contributed by atoms with Crippen molar-refractivity contribution in [2.24, 2.45) is 5.73 Å². The van der Waals surface area contributed by atoms with E-state index >= 15 is 0 Å². The van der Waals surface area contributed by atoms with E-state index in [1.165, 1.54) is 17.7 Å². The summed E-state index contributed by atoms with van der Waals surface area (Å²) in [4.78, 5) is 21.0. The molecule has 0 aromatic carbocycles. The van der Waals surface area contributed by atoms with Crippen LogP contribution < -0.4 is 10.6 Å². The smallest absolute Gasteiger partial charge is 0.242 e. The molecule has 1 aliphatic heterocycles. The molecule has 5 heteroatoms. The summed E-state index contributed by atoms with van der Waals surface area (Å²) in [6.07, 6.45) is 5.57. The summed E-state index contributed by atoms with van der Waals surface area (Å²) >= 11 is 0. The number of fused-ring (bicyclic) bond motifs is 1. The van der Waals surface area contributed by atoms with Crippen LogP contribution in [0.1, 0.15) is 36.1 Å². The summed E-state index contributed by atoms with van der Waals surface area (Å²) in [5.74, 6) is 1.07. The summed E-state index contributed by atoms with van der Waals surface area (Å²) in [6.45, 7) is 2.65. The second-order valence-corrected chi connectivity index (χ2v) is 6.08. The van der Waals surface area contributed by atoms with Crippen LogP contribution in [0.4, 0.5) is 5.82 Å².